The maximum atomic E-state index is 11.5. The Balaban J connectivity index is 2.42. The molecule has 0 saturated carbocycles. The number of hydrogen-bond donors (Lipinski definition) is 1. The van der Waals surface area contributed by atoms with Crippen LogP contribution in [-0.2, 0) is 14.3 Å². The summed E-state index contributed by atoms with van der Waals surface area (Å²) in [4.78, 5) is 11.5. The molecule has 1 N–H and O–H groups in total. The summed E-state index contributed by atoms with van der Waals surface area (Å²) in [5, 5.41) is 2.72. The lowest BCUT2D eigenvalue weighted by Gasteiger charge is -2.08. The van der Waals surface area contributed by atoms with E-state index in [2.05, 4.69) is 21.2 Å². The van der Waals surface area contributed by atoms with Crippen molar-refractivity contribution in [3.63, 3.8) is 0 Å². The third-order valence-corrected chi connectivity index (χ3v) is 2.72. The summed E-state index contributed by atoms with van der Waals surface area (Å²) in [6.45, 7) is 0.880. The monoisotopic (exact) mass is 317 g/mol. The van der Waals surface area contributed by atoms with Crippen molar-refractivity contribution in [1.82, 2.24) is 0 Å². The first-order valence-electron chi connectivity index (χ1n) is 5.37. The first-order chi connectivity index (χ1) is 8.67. The summed E-state index contributed by atoms with van der Waals surface area (Å²) >= 11 is 3.35. The Labute approximate surface area is 115 Å². The second-order valence-electron chi connectivity index (χ2n) is 3.44. The fraction of sp³-hybridized carbons (Fsp3) is 0.417. The largest absolute Gasteiger partial charge is 0.496 e. The number of nitrogens with one attached hydrogen (secondary N) is 1. The van der Waals surface area contributed by atoms with Crippen LogP contribution >= 0.6 is 15.9 Å². The Morgan fingerprint density at radius 3 is 2.72 bits per heavy atom. The zero-order chi connectivity index (χ0) is 13.4. The number of benzene rings is 1. The van der Waals surface area contributed by atoms with Crippen LogP contribution < -0.4 is 10.1 Å². The fourth-order valence-corrected chi connectivity index (χ4v) is 1.79. The molecule has 0 aliphatic carbocycles. The van der Waals surface area contributed by atoms with Gasteiger partial charge in [-0.3, -0.25) is 4.79 Å². The summed E-state index contributed by atoms with van der Waals surface area (Å²) in [6.07, 6.45) is 0. The van der Waals surface area contributed by atoms with Gasteiger partial charge >= 0.3 is 0 Å². The van der Waals surface area contributed by atoms with Gasteiger partial charge in [0.25, 0.3) is 0 Å². The normalized spacial score (nSPS) is 10.2. The summed E-state index contributed by atoms with van der Waals surface area (Å²) in [6, 6.07) is 5.30. The lowest BCUT2D eigenvalue weighted by Crippen LogP contribution is -2.19. The van der Waals surface area contributed by atoms with Crippen molar-refractivity contribution in [2.24, 2.45) is 0 Å². The van der Waals surface area contributed by atoms with Crippen LogP contribution in [0.25, 0.3) is 0 Å². The van der Waals surface area contributed by atoms with Crippen molar-refractivity contribution in [2.75, 3.05) is 39.4 Å². The molecule has 0 fully saturated rings. The highest BCUT2D eigenvalue weighted by Crippen LogP contribution is 2.27. The van der Waals surface area contributed by atoms with Crippen LogP contribution in [0.3, 0.4) is 0 Å². The highest BCUT2D eigenvalue weighted by Gasteiger charge is 2.05. The van der Waals surface area contributed by atoms with Gasteiger partial charge in [-0.1, -0.05) is 0 Å². The average Bonchev–Trinajstić information content (AvgIpc) is 2.35. The summed E-state index contributed by atoms with van der Waals surface area (Å²) in [5.41, 5.74) is 0.683. The first kappa shape index (κ1) is 14.9. The highest BCUT2D eigenvalue weighted by molar-refractivity contribution is 9.10. The molecule has 18 heavy (non-hydrogen) atoms. The molecule has 0 aromatic heterocycles. The van der Waals surface area contributed by atoms with Gasteiger partial charge < -0.3 is 19.5 Å². The van der Waals surface area contributed by atoms with Crippen LogP contribution in [0.5, 0.6) is 5.75 Å². The molecule has 0 saturated heterocycles. The van der Waals surface area contributed by atoms with Crippen molar-refractivity contribution < 1.29 is 19.0 Å². The average molecular weight is 318 g/mol. The van der Waals surface area contributed by atoms with E-state index in [0.717, 1.165) is 4.47 Å². The zero-order valence-electron chi connectivity index (χ0n) is 10.4. The predicted molar refractivity (Wildman–Crippen MR) is 72.0 cm³/mol. The van der Waals surface area contributed by atoms with Crippen molar-refractivity contribution in [1.29, 1.82) is 0 Å². The second kappa shape index (κ2) is 8.07. The number of amides is 1. The molecule has 0 atom stereocenters. The van der Waals surface area contributed by atoms with Gasteiger partial charge in [0.15, 0.2) is 0 Å². The minimum Gasteiger partial charge on any atom is -0.496 e. The third-order valence-electron chi connectivity index (χ3n) is 2.10. The topological polar surface area (TPSA) is 56.8 Å². The Bertz CT molecular complexity index is 398. The Kier molecular flexibility index (Phi) is 6.70. The second-order valence-corrected chi connectivity index (χ2v) is 4.30. The van der Waals surface area contributed by atoms with Gasteiger partial charge in [-0.05, 0) is 34.1 Å². The molecule has 1 aromatic carbocycles. The molecule has 0 spiro atoms. The van der Waals surface area contributed by atoms with Gasteiger partial charge in [0.05, 0.1) is 24.8 Å². The van der Waals surface area contributed by atoms with Gasteiger partial charge in [-0.2, -0.15) is 0 Å². The Morgan fingerprint density at radius 1 is 1.33 bits per heavy atom. The number of methoxy groups -OCH3 is 2. The Hall–Kier alpha value is -1.11. The van der Waals surface area contributed by atoms with Crippen LogP contribution in [0.15, 0.2) is 22.7 Å². The number of carbonyl (C=O) groups excluding carboxylic acids is 1. The molecule has 0 aliphatic rings. The smallest absolute Gasteiger partial charge is 0.250 e. The van der Waals surface area contributed by atoms with Crippen LogP contribution in [0.4, 0.5) is 5.69 Å². The lowest BCUT2D eigenvalue weighted by atomic mass is 10.3. The SMILES string of the molecule is COCCOCC(=O)Nc1ccc(OC)c(Br)c1. The van der Waals surface area contributed by atoms with Crippen molar-refractivity contribution in [2.45, 2.75) is 0 Å². The number of ether oxygens (including phenoxy) is 3. The van der Waals surface area contributed by atoms with Crippen LogP contribution in [0, 0.1) is 0 Å². The number of halogens is 1. The number of anilines is 1. The van der Waals surface area contributed by atoms with Crippen molar-refractivity contribution in [3.8, 4) is 5.75 Å². The summed E-state index contributed by atoms with van der Waals surface area (Å²) < 4.78 is 15.8. The van der Waals surface area contributed by atoms with E-state index >= 15 is 0 Å². The minimum atomic E-state index is -0.205. The van der Waals surface area contributed by atoms with E-state index < -0.39 is 0 Å². The van der Waals surface area contributed by atoms with E-state index in [1.807, 2.05) is 0 Å². The molecule has 5 nitrogen and oxygen atoms in total. The first-order valence-corrected chi connectivity index (χ1v) is 6.16. The molecule has 100 valence electrons. The zero-order valence-corrected chi connectivity index (χ0v) is 12.0. The summed E-state index contributed by atoms with van der Waals surface area (Å²) in [7, 11) is 3.17. The van der Waals surface area contributed by atoms with E-state index in [-0.39, 0.29) is 12.5 Å². The molecule has 0 aliphatic heterocycles. The highest BCUT2D eigenvalue weighted by atomic mass is 79.9. The van der Waals surface area contributed by atoms with Crippen LogP contribution in [-0.4, -0.2) is 39.9 Å². The number of hydrogen-bond acceptors (Lipinski definition) is 4. The van der Waals surface area contributed by atoms with E-state index in [4.69, 9.17) is 14.2 Å². The lowest BCUT2D eigenvalue weighted by molar-refractivity contribution is -0.121. The third kappa shape index (κ3) is 5.03. The van der Waals surface area contributed by atoms with Gasteiger partial charge in [-0.15, -0.1) is 0 Å². The van der Waals surface area contributed by atoms with Crippen molar-refractivity contribution >= 4 is 27.5 Å². The van der Waals surface area contributed by atoms with E-state index in [1.54, 1.807) is 32.4 Å². The Morgan fingerprint density at radius 2 is 2.11 bits per heavy atom. The van der Waals surface area contributed by atoms with Gasteiger partial charge in [0.1, 0.15) is 12.4 Å². The van der Waals surface area contributed by atoms with Crippen LogP contribution in [0.1, 0.15) is 0 Å². The van der Waals surface area contributed by atoms with Crippen LogP contribution in [0.2, 0.25) is 0 Å². The van der Waals surface area contributed by atoms with E-state index in [0.29, 0.717) is 24.7 Å². The quantitative estimate of drug-likeness (QED) is 0.782. The summed E-state index contributed by atoms with van der Waals surface area (Å²) in [5.74, 6) is 0.507. The van der Waals surface area contributed by atoms with E-state index in [9.17, 15) is 4.79 Å². The van der Waals surface area contributed by atoms with E-state index in [1.165, 1.54) is 0 Å². The molecular formula is C12H16BrNO4. The molecule has 0 heterocycles. The minimum absolute atomic E-state index is 0.00695. The predicted octanol–water partition coefficient (Wildman–Crippen LogP) is 2.06. The number of carbonyl (C=O) groups is 1. The molecular weight excluding hydrogens is 302 g/mol. The van der Waals surface area contributed by atoms with Gasteiger partial charge in [-0.25, -0.2) is 0 Å². The molecule has 1 rings (SSSR count). The molecule has 0 unspecified atom stereocenters. The maximum absolute atomic E-state index is 11.5. The number of rotatable bonds is 7. The standard InChI is InChI=1S/C12H16BrNO4/c1-16-5-6-18-8-12(15)14-9-3-4-11(17-2)10(13)7-9/h3-4,7H,5-6,8H2,1-2H3,(H,14,15). The molecule has 1 amide bonds. The maximum Gasteiger partial charge on any atom is 0.250 e. The molecule has 0 radical (unpaired) electrons. The molecule has 1 aromatic rings. The van der Waals surface area contributed by atoms with Gasteiger partial charge in [0.2, 0.25) is 5.91 Å². The fourth-order valence-electron chi connectivity index (χ4n) is 1.25. The molecule has 6 heteroatoms. The van der Waals surface area contributed by atoms with Gasteiger partial charge in [0, 0.05) is 12.8 Å². The molecule has 0 bridgehead atoms. The van der Waals surface area contributed by atoms with Crippen molar-refractivity contribution in [3.05, 3.63) is 22.7 Å².